The third-order valence-electron chi connectivity index (χ3n) is 4.62. The van der Waals surface area contributed by atoms with Crippen molar-refractivity contribution in [3.63, 3.8) is 0 Å². The summed E-state index contributed by atoms with van der Waals surface area (Å²) in [6.45, 7) is 1.32. The maximum atomic E-state index is 12.2. The second-order valence-corrected chi connectivity index (χ2v) is 6.87. The summed E-state index contributed by atoms with van der Waals surface area (Å²) in [5.41, 5.74) is 6.53. The zero-order valence-electron chi connectivity index (χ0n) is 17.5. The molecule has 1 heterocycles. The number of rotatable bonds is 9. The molecule has 9 nitrogen and oxygen atoms in total. The van der Waals surface area contributed by atoms with Crippen molar-refractivity contribution in [2.75, 3.05) is 20.3 Å². The van der Waals surface area contributed by atoms with Gasteiger partial charge in [-0.15, -0.1) is 0 Å². The summed E-state index contributed by atoms with van der Waals surface area (Å²) in [6, 6.07) is 13.1. The van der Waals surface area contributed by atoms with E-state index in [1.54, 1.807) is 38.3 Å². The Bertz CT molecular complexity index is 1180. The molecule has 0 saturated heterocycles. The van der Waals surface area contributed by atoms with Gasteiger partial charge in [-0.25, -0.2) is 5.06 Å². The van der Waals surface area contributed by atoms with E-state index in [4.69, 9.17) is 19.6 Å². The fourth-order valence-electron chi connectivity index (χ4n) is 2.87. The Morgan fingerprint density at radius 1 is 1.09 bits per heavy atom. The SMILES string of the molecule is COc1ccc2oc(/C(C)=C/C(=O)C(=O)N(O)CCOc3ccc(C(N)=O)cc3)cc2c1. The zero-order chi connectivity index (χ0) is 23.3. The van der Waals surface area contributed by atoms with Crippen LogP contribution in [0, 0.1) is 0 Å². The van der Waals surface area contributed by atoms with Crippen LogP contribution >= 0.6 is 0 Å². The van der Waals surface area contributed by atoms with Crippen LogP contribution < -0.4 is 15.2 Å². The summed E-state index contributed by atoms with van der Waals surface area (Å²) in [7, 11) is 1.56. The Morgan fingerprint density at radius 2 is 1.78 bits per heavy atom. The lowest BCUT2D eigenvalue weighted by Crippen LogP contribution is -2.36. The van der Waals surface area contributed by atoms with Crippen molar-refractivity contribution >= 4 is 34.1 Å². The largest absolute Gasteiger partial charge is 0.497 e. The van der Waals surface area contributed by atoms with Crippen LogP contribution in [0.5, 0.6) is 11.5 Å². The molecule has 3 aromatic rings. The number of hydrogen-bond acceptors (Lipinski definition) is 7. The Hall–Kier alpha value is -4.11. The number of furan rings is 1. The first kappa shape index (κ1) is 22.6. The summed E-state index contributed by atoms with van der Waals surface area (Å²) in [6.07, 6.45) is 1.10. The Kier molecular flexibility index (Phi) is 6.91. The molecule has 0 fully saturated rings. The van der Waals surface area contributed by atoms with Crippen molar-refractivity contribution in [1.82, 2.24) is 5.06 Å². The molecule has 2 aromatic carbocycles. The first-order valence-corrected chi connectivity index (χ1v) is 9.62. The highest BCUT2D eigenvalue weighted by atomic mass is 16.5. The van der Waals surface area contributed by atoms with Crippen molar-refractivity contribution in [3.05, 3.63) is 65.9 Å². The number of methoxy groups -OCH3 is 1. The summed E-state index contributed by atoms with van der Waals surface area (Å²) in [4.78, 5) is 35.4. The van der Waals surface area contributed by atoms with E-state index in [1.165, 1.54) is 24.3 Å². The average molecular weight is 438 g/mol. The van der Waals surface area contributed by atoms with E-state index in [0.717, 1.165) is 11.5 Å². The number of nitrogens with zero attached hydrogens (tertiary/aromatic N) is 1. The fraction of sp³-hybridized carbons (Fsp3) is 0.174. The molecule has 0 aliphatic rings. The number of hydroxylamine groups is 2. The number of ether oxygens (including phenoxy) is 2. The predicted molar refractivity (Wildman–Crippen MR) is 115 cm³/mol. The molecule has 9 heteroatoms. The second-order valence-electron chi connectivity index (χ2n) is 6.87. The third-order valence-corrected chi connectivity index (χ3v) is 4.62. The molecule has 2 amide bonds. The molecule has 32 heavy (non-hydrogen) atoms. The number of benzene rings is 2. The van der Waals surface area contributed by atoms with Crippen LogP contribution in [-0.2, 0) is 9.59 Å². The minimum absolute atomic E-state index is 0.0699. The molecule has 3 N–H and O–H groups in total. The van der Waals surface area contributed by atoms with Crippen LogP contribution in [-0.4, -0.2) is 48.1 Å². The van der Waals surface area contributed by atoms with Crippen LogP contribution in [0.25, 0.3) is 16.5 Å². The lowest BCUT2D eigenvalue weighted by molar-refractivity contribution is -0.169. The van der Waals surface area contributed by atoms with E-state index in [0.29, 0.717) is 34.0 Å². The number of hydrogen-bond donors (Lipinski definition) is 2. The van der Waals surface area contributed by atoms with Crippen molar-refractivity contribution in [1.29, 1.82) is 0 Å². The quantitative estimate of drug-likeness (QED) is 0.227. The van der Waals surface area contributed by atoms with E-state index in [1.807, 2.05) is 0 Å². The highest BCUT2D eigenvalue weighted by molar-refractivity contribution is 6.41. The number of fused-ring (bicyclic) bond motifs is 1. The standard InChI is InChI=1S/C23H22N2O7/c1-14(21-13-16-12-18(30-2)7-8-20(16)32-21)11-19(26)23(28)25(29)9-10-31-17-5-3-15(4-6-17)22(24)27/h3-8,11-13,29H,9-10H2,1-2H3,(H2,24,27)/b14-11+. The van der Waals surface area contributed by atoms with Gasteiger partial charge in [0.2, 0.25) is 11.7 Å². The average Bonchev–Trinajstić information content (AvgIpc) is 3.22. The molecule has 0 aliphatic heterocycles. The fourth-order valence-corrected chi connectivity index (χ4v) is 2.87. The molecule has 0 bridgehead atoms. The van der Waals surface area contributed by atoms with Gasteiger partial charge in [0.05, 0.1) is 13.7 Å². The van der Waals surface area contributed by atoms with E-state index in [9.17, 15) is 19.6 Å². The van der Waals surface area contributed by atoms with Crippen molar-refractivity contribution in [3.8, 4) is 11.5 Å². The normalized spacial score (nSPS) is 11.3. The molecule has 0 saturated carbocycles. The maximum absolute atomic E-state index is 12.2. The van der Waals surface area contributed by atoms with Crippen LogP contribution in [0.3, 0.4) is 0 Å². The molecule has 0 spiro atoms. The number of amides is 2. The highest BCUT2D eigenvalue weighted by Crippen LogP contribution is 2.27. The molecule has 0 aliphatic carbocycles. The number of carbonyl (C=O) groups is 3. The van der Waals surface area contributed by atoms with Crippen molar-refractivity contribution in [2.24, 2.45) is 5.73 Å². The van der Waals surface area contributed by atoms with Gasteiger partial charge in [0.15, 0.2) is 0 Å². The molecule has 0 radical (unpaired) electrons. The van der Waals surface area contributed by atoms with Crippen LogP contribution in [0.4, 0.5) is 0 Å². The molecule has 0 unspecified atom stereocenters. The minimum Gasteiger partial charge on any atom is -0.497 e. The van der Waals surface area contributed by atoms with Crippen molar-refractivity contribution in [2.45, 2.75) is 6.92 Å². The molecular formula is C23H22N2O7. The summed E-state index contributed by atoms with van der Waals surface area (Å²) in [5.74, 6) is -1.07. The highest BCUT2D eigenvalue weighted by Gasteiger charge is 2.19. The van der Waals surface area contributed by atoms with E-state index < -0.39 is 17.6 Å². The van der Waals surface area contributed by atoms with Gasteiger partial charge in [-0.3, -0.25) is 19.6 Å². The molecule has 0 atom stereocenters. The first-order chi connectivity index (χ1) is 15.3. The number of allylic oxidation sites excluding steroid dienone is 1. The smallest absolute Gasteiger partial charge is 0.317 e. The molecular weight excluding hydrogens is 416 g/mol. The third kappa shape index (κ3) is 5.32. The van der Waals surface area contributed by atoms with Gasteiger partial charge in [0.1, 0.15) is 29.4 Å². The summed E-state index contributed by atoms with van der Waals surface area (Å²) >= 11 is 0. The number of carbonyl (C=O) groups excluding carboxylic acids is 3. The molecule has 3 rings (SSSR count). The van der Waals surface area contributed by atoms with Gasteiger partial charge >= 0.3 is 5.91 Å². The second kappa shape index (κ2) is 9.80. The van der Waals surface area contributed by atoms with Gasteiger partial charge in [-0.2, -0.15) is 0 Å². The number of nitrogens with two attached hydrogens (primary N) is 1. The minimum atomic E-state index is -1.10. The van der Waals surface area contributed by atoms with E-state index in [2.05, 4.69) is 0 Å². The molecule has 166 valence electrons. The van der Waals surface area contributed by atoms with Crippen LogP contribution in [0.2, 0.25) is 0 Å². The zero-order valence-corrected chi connectivity index (χ0v) is 17.5. The van der Waals surface area contributed by atoms with Gasteiger partial charge in [-0.05, 0) is 67.1 Å². The maximum Gasteiger partial charge on any atom is 0.317 e. The van der Waals surface area contributed by atoms with E-state index in [-0.39, 0.29) is 18.2 Å². The van der Waals surface area contributed by atoms with Gasteiger partial charge in [0, 0.05) is 10.9 Å². The van der Waals surface area contributed by atoms with Gasteiger partial charge in [0.25, 0.3) is 0 Å². The van der Waals surface area contributed by atoms with Gasteiger partial charge in [-0.1, -0.05) is 0 Å². The lowest BCUT2D eigenvalue weighted by atomic mass is 10.1. The monoisotopic (exact) mass is 438 g/mol. The van der Waals surface area contributed by atoms with Crippen LogP contribution in [0.15, 0.2) is 59.0 Å². The Morgan fingerprint density at radius 3 is 2.44 bits per heavy atom. The van der Waals surface area contributed by atoms with Crippen molar-refractivity contribution < 1.29 is 33.5 Å². The first-order valence-electron chi connectivity index (χ1n) is 9.62. The number of primary amides is 1. The topological polar surface area (TPSA) is 132 Å². The summed E-state index contributed by atoms with van der Waals surface area (Å²) in [5, 5.41) is 11.0. The Labute approximate surface area is 183 Å². The molecule has 1 aromatic heterocycles. The predicted octanol–water partition coefficient (Wildman–Crippen LogP) is 2.81. The van der Waals surface area contributed by atoms with E-state index >= 15 is 0 Å². The summed E-state index contributed by atoms with van der Waals surface area (Å²) < 4.78 is 16.3. The van der Waals surface area contributed by atoms with Crippen LogP contribution in [0.1, 0.15) is 23.0 Å². The lowest BCUT2D eigenvalue weighted by Gasteiger charge is -2.14. The number of ketones is 1. The Balaban J connectivity index is 1.57. The van der Waals surface area contributed by atoms with Gasteiger partial charge < -0.3 is 19.6 Å².